The van der Waals surface area contributed by atoms with E-state index in [0.29, 0.717) is 26.2 Å². The highest BCUT2D eigenvalue weighted by Crippen LogP contribution is 2.12. The molecule has 1 fully saturated rings. The van der Waals surface area contributed by atoms with E-state index in [1.807, 2.05) is 18.1 Å². The monoisotopic (exact) mass is 268 g/mol. The number of rotatable bonds is 4. The summed E-state index contributed by atoms with van der Waals surface area (Å²) in [6, 6.07) is 0. The quantitative estimate of drug-likeness (QED) is 0.811. The van der Waals surface area contributed by atoms with Crippen LogP contribution in [0.5, 0.6) is 0 Å². The molecule has 2 N–H and O–H groups in total. The third kappa shape index (κ3) is 4.49. The number of thioether (sulfide) groups is 1. The van der Waals surface area contributed by atoms with Crippen molar-refractivity contribution in [3.8, 4) is 0 Å². The smallest absolute Gasteiger partial charge is 0.226 e. The van der Waals surface area contributed by atoms with Gasteiger partial charge in [0.2, 0.25) is 5.91 Å². The van der Waals surface area contributed by atoms with Crippen molar-refractivity contribution in [3.05, 3.63) is 0 Å². The summed E-state index contributed by atoms with van der Waals surface area (Å²) in [5.74, 6) is 1.20. The maximum absolute atomic E-state index is 12.0. The van der Waals surface area contributed by atoms with Crippen LogP contribution in [0.1, 0.15) is 6.92 Å². The van der Waals surface area contributed by atoms with Crippen molar-refractivity contribution in [1.82, 2.24) is 4.90 Å². The van der Waals surface area contributed by atoms with Crippen molar-refractivity contribution in [1.29, 1.82) is 0 Å². The first-order chi connectivity index (χ1) is 7.19. The molecule has 0 aromatic rings. The molecule has 6 heteroatoms. The summed E-state index contributed by atoms with van der Waals surface area (Å²) in [7, 11) is 0. The van der Waals surface area contributed by atoms with Crippen LogP contribution >= 0.6 is 24.2 Å². The number of halogens is 1. The van der Waals surface area contributed by atoms with Gasteiger partial charge < -0.3 is 15.4 Å². The van der Waals surface area contributed by atoms with E-state index in [1.54, 1.807) is 11.8 Å². The van der Waals surface area contributed by atoms with Gasteiger partial charge in [0.15, 0.2) is 0 Å². The minimum atomic E-state index is 0. The van der Waals surface area contributed by atoms with Gasteiger partial charge >= 0.3 is 0 Å². The molecule has 0 saturated carbocycles. The van der Waals surface area contributed by atoms with Gasteiger partial charge in [-0.3, -0.25) is 4.79 Å². The maximum Gasteiger partial charge on any atom is 0.226 e. The zero-order valence-electron chi connectivity index (χ0n) is 9.85. The summed E-state index contributed by atoms with van der Waals surface area (Å²) in [5, 5.41) is 0. The summed E-state index contributed by atoms with van der Waals surface area (Å²) in [6.45, 7) is 4.42. The van der Waals surface area contributed by atoms with E-state index in [-0.39, 0.29) is 30.3 Å². The van der Waals surface area contributed by atoms with Crippen LogP contribution in [0.25, 0.3) is 0 Å². The van der Waals surface area contributed by atoms with Crippen LogP contribution in [0.2, 0.25) is 0 Å². The molecule has 16 heavy (non-hydrogen) atoms. The molecule has 1 rings (SSSR count). The predicted molar refractivity (Wildman–Crippen MR) is 70.2 cm³/mol. The van der Waals surface area contributed by atoms with Gasteiger partial charge in [0, 0.05) is 31.3 Å². The first kappa shape index (κ1) is 16.0. The molecule has 0 spiro atoms. The third-order valence-corrected chi connectivity index (χ3v) is 3.38. The molecule has 1 heterocycles. The lowest BCUT2D eigenvalue weighted by Gasteiger charge is -2.33. The van der Waals surface area contributed by atoms with Crippen molar-refractivity contribution in [2.75, 3.05) is 38.2 Å². The van der Waals surface area contributed by atoms with E-state index in [9.17, 15) is 4.79 Å². The normalized spacial score (nSPS) is 22.4. The molecular formula is C10H21ClN2O2S. The molecule has 4 nitrogen and oxygen atoms in total. The molecular weight excluding hydrogens is 248 g/mol. The standard InChI is InChI=1S/C10H20N2O2S.ClH/c1-8(7-15-2)10(13)12-3-4-14-9(5-11)6-12;/h8-9H,3-7,11H2,1-2H3;1H. The molecule has 0 aromatic carbocycles. The van der Waals surface area contributed by atoms with Crippen LogP contribution in [0, 0.1) is 5.92 Å². The van der Waals surface area contributed by atoms with E-state index in [1.165, 1.54) is 0 Å². The molecule has 1 amide bonds. The maximum atomic E-state index is 12.0. The van der Waals surface area contributed by atoms with Crippen LogP contribution in [-0.4, -0.2) is 55.2 Å². The molecule has 1 aliphatic rings. The Kier molecular flexibility index (Phi) is 8.18. The van der Waals surface area contributed by atoms with Crippen LogP contribution < -0.4 is 5.73 Å². The Morgan fingerprint density at radius 3 is 2.94 bits per heavy atom. The highest BCUT2D eigenvalue weighted by Gasteiger charge is 2.26. The summed E-state index contributed by atoms with van der Waals surface area (Å²) in [4.78, 5) is 13.8. The van der Waals surface area contributed by atoms with E-state index in [0.717, 1.165) is 5.75 Å². The number of ether oxygens (including phenoxy) is 1. The van der Waals surface area contributed by atoms with E-state index < -0.39 is 0 Å². The lowest BCUT2D eigenvalue weighted by Crippen LogP contribution is -2.49. The van der Waals surface area contributed by atoms with Gasteiger partial charge in [-0.2, -0.15) is 11.8 Å². The van der Waals surface area contributed by atoms with Gasteiger partial charge in [0.25, 0.3) is 0 Å². The van der Waals surface area contributed by atoms with Crippen LogP contribution in [0.3, 0.4) is 0 Å². The summed E-state index contributed by atoms with van der Waals surface area (Å²) < 4.78 is 5.42. The second-order valence-corrected chi connectivity index (χ2v) is 4.78. The molecule has 96 valence electrons. The summed E-state index contributed by atoms with van der Waals surface area (Å²) >= 11 is 1.71. The minimum Gasteiger partial charge on any atom is -0.373 e. The van der Waals surface area contributed by atoms with Gasteiger partial charge in [-0.1, -0.05) is 6.92 Å². The molecule has 0 aliphatic carbocycles. The Morgan fingerprint density at radius 1 is 1.69 bits per heavy atom. The number of carbonyl (C=O) groups is 1. The molecule has 1 aliphatic heterocycles. The van der Waals surface area contributed by atoms with Gasteiger partial charge in [-0.25, -0.2) is 0 Å². The number of carbonyl (C=O) groups excluding carboxylic acids is 1. The fourth-order valence-corrected chi connectivity index (χ4v) is 2.34. The summed E-state index contributed by atoms with van der Waals surface area (Å²) in [6.07, 6.45) is 2.04. The predicted octanol–water partition coefficient (Wildman–Crippen LogP) is 0.593. The average Bonchev–Trinajstić information content (AvgIpc) is 2.28. The highest BCUT2D eigenvalue weighted by atomic mass is 35.5. The highest BCUT2D eigenvalue weighted by molar-refractivity contribution is 7.98. The number of nitrogens with two attached hydrogens (primary N) is 1. The van der Waals surface area contributed by atoms with Crippen molar-refractivity contribution >= 4 is 30.1 Å². The number of amides is 1. The topological polar surface area (TPSA) is 55.6 Å². The van der Waals surface area contributed by atoms with Gasteiger partial charge in [-0.05, 0) is 6.26 Å². The lowest BCUT2D eigenvalue weighted by molar-refractivity contribution is -0.141. The first-order valence-electron chi connectivity index (χ1n) is 5.28. The minimum absolute atomic E-state index is 0. The van der Waals surface area contributed by atoms with Crippen molar-refractivity contribution in [2.24, 2.45) is 11.7 Å². The Bertz CT molecular complexity index is 219. The number of hydrogen-bond donors (Lipinski definition) is 1. The molecule has 0 bridgehead atoms. The Hall–Kier alpha value is 0.0300. The van der Waals surface area contributed by atoms with Crippen LogP contribution in [-0.2, 0) is 9.53 Å². The van der Waals surface area contributed by atoms with Crippen LogP contribution in [0.4, 0.5) is 0 Å². The van der Waals surface area contributed by atoms with Gasteiger partial charge in [-0.15, -0.1) is 12.4 Å². The first-order valence-corrected chi connectivity index (χ1v) is 6.67. The molecule has 2 unspecified atom stereocenters. The van der Waals surface area contributed by atoms with E-state index in [4.69, 9.17) is 10.5 Å². The van der Waals surface area contributed by atoms with E-state index in [2.05, 4.69) is 0 Å². The van der Waals surface area contributed by atoms with Crippen molar-refractivity contribution in [2.45, 2.75) is 13.0 Å². The third-order valence-electron chi connectivity index (χ3n) is 2.55. The SMILES string of the molecule is CSCC(C)C(=O)N1CCOC(CN)C1.Cl. The van der Waals surface area contributed by atoms with Gasteiger partial charge in [0.05, 0.1) is 12.7 Å². The zero-order valence-corrected chi connectivity index (χ0v) is 11.5. The fraction of sp³-hybridized carbons (Fsp3) is 0.900. The number of morpholine rings is 1. The largest absolute Gasteiger partial charge is 0.373 e. The summed E-state index contributed by atoms with van der Waals surface area (Å²) in [5.41, 5.74) is 5.53. The Balaban J connectivity index is 0.00000225. The Morgan fingerprint density at radius 2 is 2.38 bits per heavy atom. The van der Waals surface area contributed by atoms with Crippen molar-refractivity contribution < 1.29 is 9.53 Å². The fourth-order valence-electron chi connectivity index (χ4n) is 1.70. The molecule has 0 aromatic heterocycles. The molecule has 1 saturated heterocycles. The molecule has 0 radical (unpaired) electrons. The average molecular weight is 269 g/mol. The Labute approximate surface area is 108 Å². The molecule has 2 atom stereocenters. The second-order valence-electron chi connectivity index (χ2n) is 3.87. The van der Waals surface area contributed by atoms with E-state index >= 15 is 0 Å². The number of nitrogens with zero attached hydrogens (tertiary/aromatic N) is 1. The van der Waals surface area contributed by atoms with Crippen molar-refractivity contribution in [3.63, 3.8) is 0 Å². The zero-order chi connectivity index (χ0) is 11.3. The van der Waals surface area contributed by atoms with Gasteiger partial charge in [0.1, 0.15) is 0 Å². The lowest BCUT2D eigenvalue weighted by atomic mass is 10.1. The van der Waals surface area contributed by atoms with Crippen LogP contribution in [0.15, 0.2) is 0 Å². The number of hydrogen-bond acceptors (Lipinski definition) is 4. The second kappa shape index (κ2) is 8.17.